The lowest BCUT2D eigenvalue weighted by molar-refractivity contribution is 0.443. The molecule has 0 fully saturated rings. The molecule has 0 spiro atoms. The topological polar surface area (TPSA) is 63.4 Å². The van der Waals surface area contributed by atoms with Crippen LogP contribution < -0.4 is 5.73 Å². The van der Waals surface area contributed by atoms with Crippen molar-refractivity contribution in [2.75, 3.05) is 12.3 Å². The summed E-state index contributed by atoms with van der Waals surface area (Å²) in [6.45, 7) is 4.11. The Morgan fingerprint density at radius 2 is 2.20 bits per heavy atom. The maximum Gasteiger partial charge on any atom is 0.253 e. The summed E-state index contributed by atoms with van der Waals surface area (Å²) in [6.07, 6.45) is 1.56. The van der Waals surface area contributed by atoms with Gasteiger partial charge in [-0.3, -0.25) is 0 Å². The van der Waals surface area contributed by atoms with E-state index in [0.29, 0.717) is 10.0 Å². The van der Waals surface area contributed by atoms with Crippen molar-refractivity contribution in [3.8, 4) is 0 Å². The molecule has 2 rings (SSSR count). The van der Waals surface area contributed by atoms with Gasteiger partial charge in [-0.15, -0.1) is 29.3 Å². The second kappa shape index (κ2) is 6.28. The molecule has 0 saturated heterocycles. The molecule has 2 N–H and O–H groups in total. The van der Waals surface area contributed by atoms with E-state index in [1.807, 2.05) is 6.07 Å². The van der Waals surface area contributed by atoms with Crippen LogP contribution in [0.3, 0.4) is 0 Å². The molecule has 108 valence electrons. The molecule has 0 atom stereocenters. The van der Waals surface area contributed by atoms with Crippen LogP contribution in [-0.2, 0) is 16.6 Å². The van der Waals surface area contributed by atoms with Gasteiger partial charge in [0.15, 0.2) is 0 Å². The van der Waals surface area contributed by atoms with E-state index in [4.69, 9.17) is 17.3 Å². The molecule has 20 heavy (non-hydrogen) atoms. The van der Waals surface area contributed by atoms with Gasteiger partial charge in [-0.25, -0.2) is 8.42 Å². The summed E-state index contributed by atoms with van der Waals surface area (Å²) in [5.41, 5.74) is 6.05. The zero-order valence-electron chi connectivity index (χ0n) is 10.5. The molecule has 0 unspecified atom stereocenters. The van der Waals surface area contributed by atoms with Crippen LogP contribution in [0, 0.1) is 0 Å². The highest BCUT2D eigenvalue weighted by Crippen LogP contribution is 2.28. The maximum absolute atomic E-state index is 12.6. The van der Waals surface area contributed by atoms with E-state index < -0.39 is 10.0 Å². The number of halogens is 1. The smallest absolute Gasteiger partial charge is 0.253 e. The number of nitrogens with two attached hydrogens (primary N) is 1. The third-order valence-corrected chi connectivity index (χ3v) is 6.94. The summed E-state index contributed by atoms with van der Waals surface area (Å²) in [7, 11) is -3.57. The lowest BCUT2D eigenvalue weighted by atomic mass is 10.4. The van der Waals surface area contributed by atoms with Gasteiger partial charge in [-0.1, -0.05) is 17.7 Å². The standard InChI is InChI=1S/C12H13ClN2O2S3/c1-2-5-15(7-10-3-4-11(13)19-10)20(16,17)12-6-9(14)8-18-12/h2-4,6,8H,1,5,7,14H2. The van der Waals surface area contributed by atoms with E-state index in [-0.39, 0.29) is 17.3 Å². The van der Waals surface area contributed by atoms with E-state index in [2.05, 4.69) is 6.58 Å². The third kappa shape index (κ3) is 3.42. The molecule has 2 aromatic rings. The van der Waals surface area contributed by atoms with E-state index in [9.17, 15) is 8.42 Å². The molecule has 0 aromatic carbocycles. The van der Waals surface area contributed by atoms with Crippen molar-refractivity contribution in [3.05, 3.63) is 45.4 Å². The predicted octanol–water partition coefficient (Wildman–Crippen LogP) is 3.42. The fourth-order valence-electron chi connectivity index (χ4n) is 1.59. The lowest BCUT2D eigenvalue weighted by Gasteiger charge is -2.18. The number of thiophene rings is 2. The molecule has 2 aromatic heterocycles. The van der Waals surface area contributed by atoms with E-state index >= 15 is 0 Å². The zero-order chi connectivity index (χ0) is 14.8. The van der Waals surface area contributed by atoms with Crippen molar-refractivity contribution in [2.45, 2.75) is 10.8 Å². The SMILES string of the molecule is C=CCN(Cc1ccc(Cl)s1)S(=O)(=O)c1cc(N)cs1. The summed E-state index contributed by atoms with van der Waals surface area (Å²) in [4.78, 5) is 0.880. The first kappa shape index (κ1) is 15.5. The van der Waals surface area contributed by atoms with Crippen LogP contribution in [0.25, 0.3) is 0 Å². The molecule has 0 radical (unpaired) electrons. The van der Waals surface area contributed by atoms with Gasteiger partial charge in [-0.2, -0.15) is 4.31 Å². The minimum Gasteiger partial charge on any atom is -0.398 e. The van der Waals surface area contributed by atoms with Gasteiger partial charge in [0.1, 0.15) is 4.21 Å². The average Bonchev–Trinajstić information content (AvgIpc) is 2.98. The van der Waals surface area contributed by atoms with Crippen LogP contribution >= 0.6 is 34.3 Å². The number of sulfonamides is 1. The molecular weight excluding hydrogens is 336 g/mol. The van der Waals surface area contributed by atoms with Crippen LogP contribution in [0.4, 0.5) is 5.69 Å². The summed E-state index contributed by atoms with van der Waals surface area (Å²) in [5, 5.41) is 1.61. The normalized spacial score (nSPS) is 11.9. The van der Waals surface area contributed by atoms with Crippen molar-refractivity contribution in [1.29, 1.82) is 0 Å². The molecule has 2 heterocycles. The highest BCUT2D eigenvalue weighted by molar-refractivity contribution is 7.91. The average molecular weight is 349 g/mol. The number of hydrogen-bond acceptors (Lipinski definition) is 5. The molecule has 0 aliphatic carbocycles. The Morgan fingerprint density at radius 1 is 1.45 bits per heavy atom. The second-order valence-electron chi connectivity index (χ2n) is 3.99. The first-order chi connectivity index (χ1) is 9.43. The Morgan fingerprint density at radius 3 is 2.70 bits per heavy atom. The van der Waals surface area contributed by atoms with Gasteiger partial charge < -0.3 is 5.73 Å². The maximum atomic E-state index is 12.6. The van der Waals surface area contributed by atoms with Crippen LogP contribution in [0.5, 0.6) is 0 Å². The largest absolute Gasteiger partial charge is 0.398 e. The van der Waals surface area contributed by atoms with Gasteiger partial charge in [0.25, 0.3) is 10.0 Å². The zero-order valence-corrected chi connectivity index (χ0v) is 13.7. The minimum atomic E-state index is -3.57. The third-order valence-electron chi connectivity index (χ3n) is 2.48. The molecule has 0 bridgehead atoms. The summed E-state index contributed by atoms with van der Waals surface area (Å²) < 4.78 is 27.3. The van der Waals surface area contributed by atoms with Crippen molar-refractivity contribution >= 4 is 50.0 Å². The first-order valence-electron chi connectivity index (χ1n) is 5.62. The molecule has 0 aliphatic heterocycles. The predicted molar refractivity (Wildman–Crippen MR) is 85.9 cm³/mol. The monoisotopic (exact) mass is 348 g/mol. The number of nitrogen functional groups attached to an aromatic ring is 1. The summed E-state index contributed by atoms with van der Waals surface area (Å²) in [6, 6.07) is 5.04. The van der Waals surface area contributed by atoms with Crippen molar-refractivity contribution in [2.24, 2.45) is 0 Å². The van der Waals surface area contributed by atoms with Gasteiger partial charge in [-0.05, 0) is 18.2 Å². The fraction of sp³-hybridized carbons (Fsp3) is 0.167. The molecule has 4 nitrogen and oxygen atoms in total. The summed E-state index contributed by atoms with van der Waals surface area (Å²) in [5.74, 6) is 0. The number of rotatable bonds is 6. The van der Waals surface area contributed by atoms with Crippen LogP contribution in [-0.4, -0.2) is 19.3 Å². The number of anilines is 1. The summed E-state index contributed by atoms with van der Waals surface area (Å²) >= 11 is 8.35. The lowest BCUT2D eigenvalue weighted by Crippen LogP contribution is -2.30. The van der Waals surface area contributed by atoms with E-state index in [1.165, 1.54) is 21.7 Å². The van der Waals surface area contributed by atoms with Crippen molar-refractivity contribution in [3.63, 3.8) is 0 Å². The first-order valence-corrected chi connectivity index (χ1v) is 9.14. The fourth-order valence-corrected chi connectivity index (χ4v) is 5.40. The molecule has 0 saturated carbocycles. The van der Waals surface area contributed by atoms with Gasteiger partial charge in [0.05, 0.1) is 4.34 Å². The van der Waals surface area contributed by atoms with Crippen molar-refractivity contribution in [1.82, 2.24) is 4.31 Å². The Bertz CT molecular complexity index is 706. The Balaban J connectivity index is 2.30. The molecule has 0 amide bonds. The Hall–Kier alpha value is -0.860. The molecule has 0 aliphatic rings. The molecule has 8 heteroatoms. The minimum absolute atomic E-state index is 0.232. The van der Waals surface area contributed by atoms with Crippen LogP contribution in [0.15, 0.2) is 40.4 Å². The second-order valence-corrected chi connectivity index (χ2v) is 8.87. The Labute approximate surface area is 131 Å². The Kier molecular flexibility index (Phi) is 4.87. The van der Waals surface area contributed by atoms with E-state index in [0.717, 1.165) is 16.2 Å². The molecular formula is C12H13ClN2O2S3. The highest BCUT2D eigenvalue weighted by Gasteiger charge is 2.25. The number of hydrogen-bond donors (Lipinski definition) is 1. The van der Waals surface area contributed by atoms with Gasteiger partial charge in [0, 0.05) is 29.0 Å². The van der Waals surface area contributed by atoms with Crippen LogP contribution in [0.1, 0.15) is 4.88 Å². The van der Waals surface area contributed by atoms with Gasteiger partial charge in [0.2, 0.25) is 0 Å². The van der Waals surface area contributed by atoms with Gasteiger partial charge >= 0.3 is 0 Å². The highest BCUT2D eigenvalue weighted by atomic mass is 35.5. The van der Waals surface area contributed by atoms with Crippen molar-refractivity contribution < 1.29 is 8.42 Å². The van der Waals surface area contributed by atoms with E-state index in [1.54, 1.807) is 17.5 Å². The van der Waals surface area contributed by atoms with Crippen LogP contribution in [0.2, 0.25) is 4.34 Å². The number of nitrogens with zero attached hydrogens (tertiary/aromatic N) is 1. The quantitative estimate of drug-likeness (QED) is 0.813.